The molecule has 2 rings (SSSR count). The van der Waals surface area contributed by atoms with Crippen LogP contribution in [0.1, 0.15) is 25.6 Å². The smallest absolute Gasteiger partial charge is 0.344 e. The molecule has 0 fully saturated rings. The molecule has 2 aromatic rings. The number of carbonyl (C=O) groups excluding carboxylic acids is 1. The summed E-state index contributed by atoms with van der Waals surface area (Å²) in [6.45, 7) is 6.23. The molecular weight excluding hydrogens is 343 g/mol. The summed E-state index contributed by atoms with van der Waals surface area (Å²) in [5.74, 6) is 0.545. The molecule has 3 nitrogen and oxygen atoms in total. The predicted octanol–water partition coefficient (Wildman–Crippen LogP) is 5.35. The third kappa shape index (κ3) is 4.06. The minimum absolute atomic E-state index is 0.182. The number of thiophene rings is 1. The lowest BCUT2D eigenvalue weighted by Gasteiger charge is -2.09. The number of halogens is 2. The maximum absolute atomic E-state index is 11.4. The van der Waals surface area contributed by atoms with E-state index in [1.807, 2.05) is 6.07 Å². The Hall–Kier alpha value is -0.970. The van der Waals surface area contributed by atoms with Crippen LogP contribution in [0.3, 0.4) is 0 Å². The molecule has 0 atom stereocenters. The van der Waals surface area contributed by atoms with Crippen molar-refractivity contribution in [2.45, 2.75) is 27.2 Å². The Labute approximate surface area is 144 Å². The van der Waals surface area contributed by atoms with Crippen LogP contribution in [0.2, 0.25) is 10.0 Å². The Morgan fingerprint density at radius 1 is 1.27 bits per heavy atom. The van der Waals surface area contributed by atoms with Crippen LogP contribution in [0.15, 0.2) is 12.1 Å². The van der Waals surface area contributed by atoms with E-state index in [0.29, 0.717) is 28.3 Å². The SMILES string of the molecule is CCOC(=O)COc1cc2cc(CC(C)C)sc2c(Cl)c1Cl. The normalized spacial score (nSPS) is 11.2. The second kappa shape index (κ2) is 7.53. The van der Waals surface area contributed by atoms with Gasteiger partial charge in [-0.25, -0.2) is 4.79 Å². The molecule has 0 saturated carbocycles. The molecule has 0 N–H and O–H groups in total. The summed E-state index contributed by atoms with van der Waals surface area (Å²) in [5, 5.41) is 1.78. The van der Waals surface area contributed by atoms with E-state index in [4.69, 9.17) is 32.7 Å². The van der Waals surface area contributed by atoms with E-state index >= 15 is 0 Å². The highest BCUT2D eigenvalue weighted by molar-refractivity contribution is 7.19. The van der Waals surface area contributed by atoms with E-state index in [2.05, 4.69) is 19.9 Å². The summed E-state index contributed by atoms with van der Waals surface area (Å²) in [6.07, 6.45) is 0.992. The Morgan fingerprint density at radius 3 is 2.64 bits per heavy atom. The standard InChI is InChI=1S/C16H18Cl2O3S/c1-4-20-13(19)8-21-12-7-10-6-11(5-9(2)3)22-16(10)15(18)14(12)17/h6-7,9H,4-5,8H2,1-3H3. The quantitative estimate of drug-likeness (QED) is 0.651. The van der Waals surface area contributed by atoms with Gasteiger partial charge in [-0.2, -0.15) is 0 Å². The van der Waals surface area contributed by atoms with Crippen LogP contribution < -0.4 is 4.74 Å². The minimum Gasteiger partial charge on any atom is -0.480 e. The van der Waals surface area contributed by atoms with Crippen LogP contribution in [-0.2, 0) is 16.0 Å². The third-order valence-corrected chi connectivity index (χ3v) is 5.12. The van der Waals surface area contributed by atoms with Gasteiger partial charge in [0, 0.05) is 4.88 Å². The van der Waals surface area contributed by atoms with E-state index < -0.39 is 5.97 Å². The lowest BCUT2D eigenvalue weighted by atomic mass is 10.1. The van der Waals surface area contributed by atoms with Gasteiger partial charge in [0.1, 0.15) is 10.8 Å². The average Bonchev–Trinajstić information content (AvgIpc) is 2.83. The van der Waals surface area contributed by atoms with Gasteiger partial charge in [-0.1, -0.05) is 37.0 Å². The first kappa shape index (κ1) is 17.4. The lowest BCUT2D eigenvalue weighted by Crippen LogP contribution is -2.14. The maximum atomic E-state index is 11.4. The van der Waals surface area contributed by atoms with Crippen LogP contribution in [0.5, 0.6) is 5.75 Å². The molecule has 0 aliphatic rings. The fraction of sp³-hybridized carbons (Fsp3) is 0.438. The molecule has 1 heterocycles. The van der Waals surface area contributed by atoms with Crippen LogP contribution in [0.4, 0.5) is 0 Å². The first-order valence-corrected chi connectivity index (χ1v) is 8.68. The van der Waals surface area contributed by atoms with E-state index in [1.165, 1.54) is 4.88 Å². The molecule has 0 aliphatic heterocycles. The van der Waals surface area contributed by atoms with Crippen molar-refractivity contribution in [3.05, 3.63) is 27.1 Å². The maximum Gasteiger partial charge on any atom is 0.344 e. The first-order valence-electron chi connectivity index (χ1n) is 7.11. The predicted molar refractivity (Wildman–Crippen MR) is 92.5 cm³/mol. The molecule has 1 aromatic carbocycles. The minimum atomic E-state index is -0.430. The fourth-order valence-electron chi connectivity index (χ4n) is 2.10. The average molecular weight is 361 g/mol. The van der Waals surface area contributed by atoms with Crippen molar-refractivity contribution in [2.75, 3.05) is 13.2 Å². The fourth-order valence-corrected chi connectivity index (χ4v) is 3.97. The van der Waals surface area contributed by atoms with Crippen molar-refractivity contribution in [1.29, 1.82) is 0 Å². The highest BCUT2D eigenvalue weighted by Crippen LogP contribution is 2.42. The molecule has 0 bridgehead atoms. The van der Waals surface area contributed by atoms with Crippen molar-refractivity contribution in [3.63, 3.8) is 0 Å². The summed E-state index contributed by atoms with van der Waals surface area (Å²) >= 11 is 14.2. The number of carbonyl (C=O) groups is 1. The topological polar surface area (TPSA) is 35.5 Å². The van der Waals surface area contributed by atoms with Gasteiger partial charge < -0.3 is 9.47 Å². The third-order valence-electron chi connectivity index (χ3n) is 2.97. The van der Waals surface area contributed by atoms with E-state index in [1.54, 1.807) is 18.3 Å². The molecule has 22 heavy (non-hydrogen) atoms. The molecule has 120 valence electrons. The van der Waals surface area contributed by atoms with Gasteiger partial charge in [-0.05, 0) is 36.8 Å². The van der Waals surface area contributed by atoms with Crippen LogP contribution in [0, 0.1) is 5.92 Å². The molecule has 0 aliphatic carbocycles. The second-order valence-electron chi connectivity index (χ2n) is 5.33. The summed E-state index contributed by atoms with van der Waals surface area (Å²) in [5.41, 5.74) is 0. The van der Waals surface area contributed by atoms with Gasteiger partial charge in [0.05, 0.1) is 16.3 Å². The van der Waals surface area contributed by atoms with Crippen molar-refractivity contribution < 1.29 is 14.3 Å². The Morgan fingerprint density at radius 2 is 2.00 bits per heavy atom. The molecule has 0 amide bonds. The highest BCUT2D eigenvalue weighted by Gasteiger charge is 2.16. The van der Waals surface area contributed by atoms with Crippen LogP contribution in [0.25, 0.3) is 10.1 Å². The molecular formula is C16H18Cl2O3S. The van der Waals surface area contributed by atoms with Crippen LogP contribution in [-0.4, -0.2) is 19.2 Å². The number of fused-ring (bicyclic) bond motifs is 1. The number of ether oxygens (including phenoxy) is 2. The summed E-state index contributed by atoms with van der Waals surface area (Å²) in [6, 6.07) is 3.92. The van der Waals surface area contributed by atoms with E-state index in [0.717, 1.165) is 16.5 Å². The van der Waals surface area contributed by atoms with Crippen molar-refractivity contribution in [2.24, 2.45) is 5.92 Å². The highest BCUT2D eigenvalue weighted by atomic mass is 35.5. The van der Waals surface area contributed by atoms with Crippen LogP contribution >= 0.6 is 34.5 Å². The molecule has 0 saturated heterocycles. The number of hydrogen-bond acceptors (Lipinski definition) is 4. The van der Waals surface area contributed by atoms with Gasteiger partial charge in [0.2, 0.25) is 0 Å². The second-order valence-corrected chi connectivity index (χ2v) is 7.22. The Balaban J connectivity index is 2.28. The number of hydrogen-bond donors (Lipinski definition) is 0. The number of benzene rings is 1. The summed E-state index contributed by atoms with van der Waals surface area (Å²) in [4.78, 5) is 12.6. The monoisotopic (exact) mass is 360 g/mol. The first-order chi connectivity index (χ1) is 10.4. The van der Waals surface area contributed by atoms with E-state index in [9.17, 15) is 4.79 Å². The van der Waals surface area contributed by atoms with Crippen molar-refractivity contribution >= 4 is 50.6 Å². The largest absolute Gasteiger partial charge is 0.480 e. The van der Waals surface area contributed by atoms with Gasteiger partial charge in [-0.3, -0.25) is 0 Å². The van der Waals surface area contributed by atoms with E-state index in [-0.39, 0.29) is 6.61 Å². The van der Waals surface area contributed by atoms with Gasteiger partial charge in [0.25, 0.3) is 0 Å². The molecule has 0 unspecified atom stereocenters. The van der Waals surface area contributed by atoms with Gasteiger partial charge >= 0.3 is 5.97 Å². The summed E-state index contributed by atoms with van der Waals surface area (Å²) in [7, 11) is 0. The zero-order valence-corrected chi connectivity index (χ0v) is 15.1. The zero-order valence-electron chi connectivity index (χ0n) is 12.7. The Bertz CT molecular complexity index is 680. The van der Waals surface area contributed by atoms with Crippen molar-refractivity contribution in [3.8, 4) is 5.75 Å². The number of esters is 1. The molecule has 0 spiro atoms. The number of rotatable bonds is 6. The van der Waals surface area contributed by atoms with Gasteiger partial charge in [0.15, 0.2) is 6.61 Å². The Kier molecular flexibility index (Phi) is 5.95. The molecule has 1 aromatic heterocycles. The molecule has 6 heteroatoms. The zero-order chi connectivity index (χ0) is 16.3. The van der Waals surface area contributed by atoms with Gasteiger partial charge in [-0.15, -0.1) is 11.3 Å². The lowest BCUT2D eigenvalue weighted by molar-refractivity contribution is -0.145. The molecule has 0 radical (unpaired) electrons. The van der Waals surface area contributed by atoms with Crippen molar-refractivity contribution in [1.82, 2.24) is 0 Å². The summed E-state index contributed by atoms with van der Waals surface area (Å²) < 4.78 is 11.2.